The van der Waals surface area contributed by atoms with Crippen LogP contribution in [0.3, 0.4) is 0 Å². The first-order valence-corrected chi connectivity index (χ1v) is 13.2. The fourth-order valence-corrected chi connectivity index (χ4v) is 3.99. The van der Waals surface area contributed by atoms with Gasteiger partial charge in [-0.25, -0.2) is 0 Å². The first-order chi connectivity index (χ1) is 18.2. The predicted octanol–water partition coefficient (Wildman–Crippen LogP) is 8.12. The maximum Gasteiger partial charge on any atom is 0.189 e. The van der Waals surface area contributed by atoms with Crippen LogP contribution in [0.15, 0.2) is 91.1 Å². The van der Waals surface area contributed by atoms with E-state index in [-0.39, 0.29) is 37.1 Å². The van der Waals surface area contributed by atoms with Crippen molar-refractivity contribution in [2.75, 3.05) is 0 Å². The Morgan fingerprint density at radius 2 is 1.59 bits per heavy atom. The molecule has 1 unspecified atom stereocenters. The Kier molecular flexibility index (Phi) is 12.5. The summed E-state index contributed by atoms with van der Waals surface area (Å²) in [5.41, 5.74) is 3.60. The molecule has 0 saturated heterocycles. The molecule has 0 spiro atoms. The first kappa shape index (κ1) is 31.9. The Labute approximate surface area is 246 Å². The summed E-state index contributed by atoms with van der Waals surface area (Å²) in [4.78, 5) is 16.4. The second-order valence-electron chi connectivity index (χ2n) is 10.3. The smallest absolute Gasteiger partial charge is 0.189 e. The van der Waals surface area contributed by atoms with Crippen molar-refractivity contribution in [2.45, 2.75) is 65.2 Å². The predicted molar refractivity (Wildman–Crippen MR) is 155 cm³/mol. The van der Waals surface area contributed by atoms with Crippen molar-refractivity contribution in [1.29, 1.82) is 0 Å². The van der Waals surface area contributed by atoms with Crippen molar-refractivity contribution in [3.63, 3.8) is 0 Å². The van der Waals surface area contributed by atoms with E-state index in [1.54, 1.807) is 41.1 Å². The van der Waals surface area contributed by atoms with E-state index in [9.17, 15) is 9.90 Å². The van der Waals surface area contributed by atoms with E-state index in [2.05, 4.69) is 57.0 Å². The molecule has 0 aliphatic rings. The Balaban J connectivity index is 0.000000272. The van der Waals surface area contributed by atoms with Crippen LogP contribution in [0.1, 0.15) is 87.0 Å². The van der Waals surface area contributed by atoms with Gasteiger partial charge in [-0.2, -0.15) is 0 Å². The molecule has 0 bridgehead atoms. The molecule has 1 N–H and O–H groups in total. The minimum absolute atomic E-state index is 0. The quantitative estimate of drug-likeness (QED) is 0.0873. The molecule has 2 aromatic carbocycles. The molecule has 4 rings (SSSR count). The molecule has 2 aromatic heterocycles. The van der Waals surface area contributed by atoms with Gasteiger partial charge in [-0.15, -0.1) is 6.07 Å². The second-order valence-corrected chi connectivity index (χ2v) is 10.3. The monoisotopic (exact) mass is 701 g/mol. The van der Waals surface area contributed by atoms with Gasteiger partial charge in [-0.1, -0.05) is 120 Å². The number of aliphatic hydroxyl groups excluding tert-OH is 1. The molecule has 1 atom stereocenters. The molecule has 207 valence electrons. The van der Waals surface area contributed by atoms with Crippen LogP contribution in [0.2, 0.25) is 0 Å². The van der Waals surface area contributed by atoms with E-state index in [0.717, 1.165) is 17.9 Å². The largest absolute Gasteiger partial charge is 0.507 e. The fraction of sp³-hybridized carbons (Fsp3) is 0.303. The molecule has 0 aliphatic carbocycles. The molecule has 0 amide bonds. The molecule has 39 heavy (non-hydrogen) atoms. The molecule has 0 fully saturated rings. The third kappa shape index (κ3) is 9.42. The summed E-state index contributed by atoms with van der Waals surface area (Å²) in [5.74, 6) is 1.23. The number of allylic oxidation sites excluding steroid dienone is 1. The summed E-state index contributed by atoms with van der Waals surface area (Å²) < 4.78 is 1.74. The Hall–Kier alpha value is -3.34. The van der Waals surface area contributed by atoms with Gasteiger partial charge in [0.05, 0.1) is 5.82 Å². The number of carbonyl (C=O) groups is 1. The number of aromatic nitrogens is 3. The van der Waals surface area contributed by atoms with Crippen molar-refractivity contribution >= 4 is 11.5 Å². The Morgan fingerprint density at radius 3 is 2.08 bits per heavy atom. The minimum atomic E-state index is -0.202. The second kappa shape index (κ2) is 15.3. The topological polar surface area (TPSA) is 68.0 Å². The van der Waals surface area contributed by atoms with Crippen LogP contribution in [-0.4, -0.2) is 25.7 Å². The number of carbonyl (C=O) groups excluding carboxylic acids is 1. The number of hydrogen-bond acceptors (Lipinski definition) is 4. The van der Waals surface area contributed by atoms with E-state index >= 15 is 0 Å². The van der Waals surface area contributed by atoms with Crippen molar-refractivity contribution in [1.82, 2.24) is 14.8 Å². The summed E-state index contributed by atoms with van der Waals surface area (Å²) in [6, 6.07) is 24.0. The average Bonchev–Trinajstić information content (AvgIpc) is 3.44. The van der Waals surface area contributed by atoms with Gasteiger partial charge in [0.1, 0.15) is 5.76 Å². The van der Waals surface area contributed by atoms with E-state index in [0.29, 0.717) is 17.0 Å². The SMILES string of the molecule is CCCC(CC)c1ccc(-n2[c-]cc(C(C)(C)C)n2)nc1.O=C(/C=C(\O)c1ccccc1)c1ccccc1.[Ir]. The van der Waals surface area contributed by atoms with Gasteiger partial charge < -0.3 is 14.8 Å². The summed E-state index contributed by atoms with van der Waals surface area (Å²) in [7, 11) is 0. The van der Waals surface area contributed by atoms with Crippen molar-refractivity contribution in [3.8, 4) is 5.82 Å². The Morgan fingerprint density at radius 1 is 0.974 bits per heavy atom. The van der Waals surface area contributed by atoms with Crippen molar-refractivity contribution < 1.29 is 30.0 Å². The van der Waals surface area contributed by atoms with E-state index in [4.69, 9.17) is 0 Å². The summed E-state index contributed by atoms with van der Waals surface area (Å²) in [5, 5.41) is 14.4. The van der Waals surface area contributed by atoms with Crippen LogP contribution in [0, 0.1) is 6.20 Å². The molecule has 2 heterocycles. The van der Waals surface area contributed by atoms with Gasteiger partial charge in [-0.05, 0) is 35.4 Å². The molecule has 0 saturated carbocycles. The van der Waals surface area contributed by atoms with Gasteiger partial charge in [0.2, 0.25) is 0 Å². The maximum absolute atomic E-state index is 11.8. The van der Waals surface area contributed by atoms with Gasteiger partial charge in [0.15, 0.2) is 5.78 Å². The molecule has 5 nitrogen and oxygen atoms in total. The molecule has 1 radical (unpaired) electrons. The van der Waals surface area contributed by atoms with Crippen LogP contribution in [0.25, 0.3) is 11.6 Å². The molecule has 4 aromatic rings. The van der Waals surface area contributed by atoms with Crippen LogP contribution in [0.4, 0.5) is 0 Å². The van der Waals surface area contributed by atoms with E-state index < -0.39 is 0 Å². The number of hydrogen-bond donors (Lipinski definition) is 1. The molecule has 6 heteroatoms. The van der Waals surface area contributed by atoms with Crippen molar-refractivity contribution in [2.24, 2.45) is 0 Å². The fourth-order valence-electron chi connectivity index (χ4n) is 3.99. The number of benzene rings is 2. The van der Waals surface area contributed by atoms with E-state index in [1.807, 2.05) is 42.6 Å². The molecule has 0 aliphatic heterocycles. The zero-order valence-corrected chi connectivity index (χ0v) is 25.8. The number of aliphatic hydroxyl groups is 1. The first-order valence-electron chi connectivity index (χ1n) is 13.2. The summed E-state index contributed by atoms with van der Waals surface area (Å²) in [6.45, 7) is 10.9. The number of pyridine rings is 1. The normalized spacial score (nSPS) is 12.1. The van der Waals surface area contributed by atoms with Gasteiger partial charge in [0.25, 0.3) is 0 Å². The van der Waals surface area contributed by atoms with Crippen LogP contribution < -0.4 is 0 Å². The van der Waals surface area contributed by atoms with Crippen LogP contribution in [0.5, 0.6) is 0 Å². The van der Waals surface area contributed by atoms with Gasteiger partial charge >= 0.3 is 0 Å². The minimum Gasteiger partial charge on any atom is -0.507 e. The summed E-state index contributed by atoms with van der Waals surface area (Å²) in [6.07, 6.45) is 9.99. The number of nitrogens with zero attached hydrogens (tertiary/aromatic N) is 3. The Bertz CT molecular complexity index is 1310. The van der Waals surface area contributed by atoms with Crippen LogP contribution >= 0.6 is 0 Å². The van der Waals surface area contributed by atoms with Gasteiger partial charge in [0, 0.05) is 43.5 Å². The van der Waals surface area contributed by atoms with Crippen molar-refractivity contribution in [3.05, 3.63) is 120 Å². The molecular weight excluding hydrogens is 663 g/mol. The third-order valence-corrected chi connectivity index (χ3v) is 6.28. The third-order valence-electron chi connectivity index (χ3n) is 6.28. The molecular formula is C33H38IrN3O2-. The number of ketones is 1. The van der Waals surface area contributed by atoms with E-state index in [1.165, 1.54) is 24.5 Å². The standard InChI is InChI=1S/C18H26N3.C15H12O2.Ir/c1-6-8-14(7-2)15-9-10-17(19-13-15)21-12-11-16(20-21)18(3,4)5;16-14(12-7-3-1-4-8-12)11-15(17)13-9-5-2-6-10-13;/h9-11,13-14H,6-8H2,1-5H3;1-11,16H;/q-1;;/b;14-11-;. The number of rotatable bonds is 8. The summed E-state index contributed by atoms with van der Waals surface area (Å²) >= 11 is 0. The zero-order chi connectivity index (χ0) is 27.5. The maximum atomic E-state index is 11.8. The van der Waals surface area contributed by atoms with Crippen LogP contribution in [-0.2, 0) is 25.5 Å². The average molecular weight is 701 g/mol. The van der Waals surface area contributed by atoms with Gasteiger partial charge in [-0.3, -0.25) is 9.89 Å². The zero-order valence-electron chi connectivity index (χ0n) is 23.4.